The van der Waals surface area contributed by atoms with E-state index in [9.17, 15) is 4.79 Å². The molecule has 0 radical (unpaired) electrons. The fraction of sp³-hybridized carbons (Fsp3) is 0.333. The van der Waals surface area contributed by atoms with Crippen molar-refractivity contribution in [1.29, 1.82) is 0 Å². The Labute approximate surface area is 78.7 Å². The van der Waals surface area contributed by atoms with Crippen molar-refractivity contribution in [1.82, 2.24) is 9.78 Å². The van der Waals surface area contributed by atoms with E-state index in [2.05, 4.69) is 5.10 Å². The topological polar surface area (TPSA) is 55.1 Å². The number of carboxylic acid groups (broad SMARTS) is 1. The summed E-state index contributed by atoms with van der Waals surface area (Å²) < 4.78 is 1.15. The molecular formula is C6H6Cl2N2O2. The molecule has 4 nitrogen and oxygen atoms in total. The van der Waals surface area contributed by atoms with Crippen molar-refractivity contribution < 1.29 is 9.90 Å². The molecule has 0 fully saturated rings. The van der Waals surface area contributed by atoms with Crippen molar-refractivity contribution in [2.75, 3.05) is 0 Å². The Morgan fingerprint density at radius 2 is 2.33 bits per heavy atom. The third-order valence-corrected chi connectivity index (χ3v) is 1.85. The summed E-state index contributed by atoms with van der Waals surface area (Å²) in [4.78, 5) is 10.5. The standard InChI is InChI=1S/C6H6Cl2N2O2/c1-3(6(11)12)10-5(8)2-4(7)9-10/h2-3H,1H3,(H,11,12). The minimum atomic E-state index is -1.00. The lowest BCUT2D eigenvalue weighted by Gasteiger charge is -2.06. The van der Waals surface area contributed by atoms with Crippen molar-refractivity contribution >= 4 is 29.2 Å². The van der Waals surface area contributed by atoms with Gasteiger partial charge in [0.15, 0.2) is 5.15 Å². The van der Waals surface area contributed by atoms with Gasteiger partial charge in [-0.3, -0.25) is 0 Å². The number of carboxylic acids is 1. The highest BCUT2D eigenvalue weighted by molar-refractivity contribution is 6.33. The lowest BCUT2D eigenvalue weighted by Crippen LogP contribution is -2.16. The summed E-state index contributed by atoms with van der Waals surface area (Å²) in [6.45, 7) is 1.47. The Hall–Kier alpha value is -0.740. The van der Waals surface area contributed by atoms with Gasteiger partial charge in [-0.2, -0.15) is 5.10 Å². The number of halogens is 2. The average Bonchev–Trinajstić information content (AvgIpc) is 2.28. The van der Waals surface area contributed by atoms with Crippen molar-refractivity contribution in [3.8, 4) is 0 Å². The number of hydrogen-bond acceptors (Lipinski definition) is 2. The molecule has 0 aromatic carbocycles. The first-order valence-corrected chi connectivity index (χ1v) is 3.91. The Bertz CT molecular complexity index is 310. The molecule has 0 amide bonds. The van der Waals surface area contributed by atoms with Gasteiger partial charge in [-0.05, 0) is 6.92 Å². The molecule has 1 heterocycles. The molecule has 66 valence electrons. The summed E-state index contributed by atoms with van der Waals surface area (Å²) in [6, 6.07) is 0.590. The SMILES string of the molecule is CC(C(=O)O)n1nc(Cl)cc1Cl. The van der Waals surface area contributed by atoms with Crippen LogP contribution in [-0.2, 0) is 4.79 Å². The fourth-order valence-corrected chi connectivity index (χ4v) is 1.25. The lowest BCUT2D eigenvalue weighted by molar-refractivity contribution is -0.140. The molecule has 1 N–H and O–H groups in total. The minimum absolute atomic E-state index is 0.188. The first-order chi connectivity index (χ1) is 5.52. The zero-order valence-electron chi connectivity index (χ0n) is 6.16. The Morgan fingerprint density at radius 3 is 2.67 bits per heavy atom. The maximum absolute atomic E-state index is 10.5. The molecule has 1 aromatic heterocycles. The Kier molecular flexibility index (Phi) is 2.59. The zero-order valence-corrected chi connectivity index (χ0v) is 7.67. The molecule has 1 rings (SSSR count). The van der Waals surface area contributed by atoms with Gasteiger partial charge in [-0.15, -0.1) is 0 Å². The maximum Gasteiger partial charge on any atom is 0.328 e. The van der Waals surface area contributed by atoms with Crippen LogP contribution >= 0.6 is 23.2 Å². The smallest absolute Gasteiger partial charge is 0.328 e. The number of carbonyl (C=O) groups is 1. The van der Waals surface area contributed by atoms with Crippen LogP contribution in [-0.4, -0.2) is 20.9 Å². The number of hydrogen-bond donors (Lipinski definition) is 1. The second-order valence-electron chi connectivity index (χ2n) is 2.25. The van der Waals surface area contributed by atoms with Crippen molar-refractivity contribution in [3.05, 3.63) is 16.4 Å². The highest BCUT2D eigenvalue weighted by atomic mass is 35.5. The molecule has 0 aliphatic heterocycles. The fourth-order valence-electron chi connectivity index (χ4n) is 0.720. The van der Waals surface area contributed by atoms with E-state index in [4.69, 9.17) is 28.3 Å². The summed E-state index contributed by atoms with van der Waals surface area (Å²) in [5, 5.41) is 12.7. The van der Waals surface area contributed by atoms with Crippen molar-refractivity contribution in [2.24, 2.45) is 0 Å². The van der Waals surface area contributed by atoms with Gasteiger partial charge in [-0.25, -0.2) is 9.48 Å². The van der Waals surface area contributed by atoms with E-state index in [1.807, 2.05) is 0 Å². The summed E-state index contributed by atoms with van der Waals surface area (Å²) in [6.07, 6.45) is 0. The molecule has 12 heavy (non-hydrogen) atoms. The lowest BCUT2D eigenvalue weighted by atomic mass is 10.4. The van der Waals surface area contributed by atoms with E-state index >= 15 is 0 Å². The van der Waals surface area contributed by atoms with Gasteiger partial charge in [0.1, 0.15) is 11.2 Å². The van der Waals surface area contributed by atoms with Gasteiger partial charge in [0.25, 0.3) is 0 Å². The first-order valence-electron chi connectivity index (χ1n) is 3.15. The molecule has 0 spiro atoms. The highest BCUT2D eigenvalue weighted by Crippen LogP contribution is 2.19. The van der Waals surface area contributed by atoms with Crippen LogP contribution in [0.2, 0.25) is 10.3 Å². The molecule has 0 saturated carbocycles. The Morgan fingerprint density at radius 1 is 1.75 bits per heavy atom. The van der Waals surface area contributed by atoms with Crippen LogP contribution in [0.4, 0.5) is 0 Å². The van der Waals surface area contributed by atoms with Crippen molar-refractivity contribution in [3.63, 3.8) is 0 Å². The predicted molar refractivity (Wildman–Crippen MR) is 44.6 cm³/mol. The maximum atomic E-state index is 10.5. The summed E-state index contributed by atoms with van der Waals surface area (Å²) in [5.41, 5.74) is 0. The molecule has 0 aliphatic carbocycles. The van der Waals surface area contributed by atoms with E-state index in [0.29, 0.717) is 0 Å². The van der Waals surface area contributed by atoms with Gasteiger partial charge in [0.05, 0.1) is 0 Å². The molecule has 0 saturated heterocycles. The molecule has 0 aliphatic rings. The molecular weight excluding hydrogens is 203 g/mol. The van der Waals surface area contributed by atoms with Crippen LogP contribution in [0.3, 0.4) is 0 Å². The normalized spacial score (nSPS) is 12.9. The van der Waals surface area contributed by atoms with Gasteiger partial charge >= 0.3 is 5.97 Å². The average molecular weight is 209 g/mol. The summed E-state index contributed by atoms with van der Waals surface area (Å²) in [7, 11) is 0. The van der Waals surface area contributed by atoms with E-state index in [1.165, 1.54) is 13.0 Å². The number of aliphatic carboxylic acids is 1. The quantitative estimate of drug-likeness (QED) is 0.808. The second kappa shape index (κ2) is 3.33. The molecule has 0 bridgehead atoms. The summed E-state index contributed by atoms with van der Waals surface area (Å²) >= 11 is 11.1. The summed E-state index contributed by atoms with van der Waals surface area (Å²) in [5.74, 6) is -1.00. The Balaban J connectivity index is 3.02. The van der Waals surface area contributed by atoms with Crippen LogP contribution in [0.25, 0.3) is 0 Å². The van der Waals surface area contributed by atoms with Crippen LogP contribution in [0, 0.1) is 0 Å². The van der Waals surface area contributed by atoms with Gasteiger partial charge < -0.3 is 5.11 Å². The third-order valence-electron chi connectivity index (χ3n) is 1.38. The third kappa shape index (κ3) is 1.70. The van der Waals surface area contributed by atoms with Crippen LogP contribution < -0.4 is 0 Å². The van der Waals surface area contributed by atoms with E-state index in [-0.39, 0.29) is 10.3 Å². The largest absolute Gasteiger partial charge is 0.480 e. The van der Waals surface area contributed by atoms with E-state index in [1.54, 1.807) is 0 Å². The van der Waals surface area contributed by atoms with Crippen LogP contribution in [0.5, 0.6) is 0 Å². The molecule has 1 aromatic rings. The van der Waals surface area contributed by atoms with Gasteiger partial charge in [0, 0.05) is 6.07 Å². The van der Waals surface area contributed by atoms with E-state index < -0.39 is 12.0 Å². The van der Waals surface area contributed by atoms with Gasteiger partial charge in [0.2, 0.25) is 0 Å². The minimum Gasteiger partial charge on any atom is -0.480 e. The molecule has 1 atom stereocenters. The second-order valence-corrected chi connectivity index (χ2v) is 3.02. The predicted octanol–water partition coefficient (Wildman–Crippen LogP) is 1.84. The number of rotatable bonds is 2. The monoisotopic (exact) mass is 208 g/mol. The first kappa shape index (κ1) is 9.35. The number of aromatic nitrogens is 2. The van der Waals surface area contributed by atoms with Crippen LogP contribution in [0.15, 0.2) is 6.07 Å². The van der Waals surface area contributed by atoms with Crippen LogP contribution in [0.1, 0.15) is 13.0 Å². The van der Waals surface area contributed by atoms with Gasteiger partial charge in [-0.1, -0.05) is 23.2 Å². The van der Waals surface area contributed by atoms with E-state index in [0.717, 1.165) is 4.68 Å². The number of nitrogens with zero attached hydrogens (tertiary/aromatic N) is 2. The molecule has 6 heteroatoms. The van der Waals surface area contributed by atoms with Crippen molar-refractivity contribution in [2.45, 2.75) is 13.0 Å². The highest BCUT2D eigenvalue weighted by Gasteiger charge is 2.17. The zero-order chi connectivity index (χ0) is 9.30. The molecule has 1 unspecified atom stereocenters.